The van der Waals surface area contributed by atoms with Crippen LogP contribution in [0.4, 0.5) is 5.69 Å². The number of ether oxygens (including phenoxy) is 2. The zero-order valence-corrected chi connectivity index (χ0v) is 11.5. The van der Waals surface area contributed by atoms with Gasteiger partial charge in [0, 0.05) is 5.69 Å². The van der Waals surface area contributed by atoms with E-state index < -0.39 is 0 Å². The van der Waals surface area contributed by atoms with Crippen LogP contribution in [-0.2, 0) is 4.79 Å². The van der Waals surface area contributed by atoms with Crippen LogP contribution in [0.25, 0.3) is 0 Å². The summed E-state index contributed by atoms with van der Waals surface area (Å²) >= 11 is 0. The zero-order valence-electron chi connectivity index (χ0n) is 11.5. The van der Waals surface area contributed by atoms with Crippen LogP contribution in [0.2, 0.25) is 0 Å². The van der Waals surface area contributed by atoms with E-state index in [1.807, 2.05) is 18.2 Å². The minimum absolute atomic E-state index is 0.212. The molecule has 2 aromatic carbocycles. The van der Waals surface area contributed by atoms with Gasteiger partial charge < -0.3 is 14.8 Å². The Labute approximate surface area is 122 Å². The van der Waals surface area contributed by atoms with Crippen LogP contribution in [0, 0.1) is 0 Å². The summed E-state index contributed by atoms with van der Waals surface area (Å²) in [5, 5.41) is 2.69. The quantitative estimate of drug-likeness (QED) is 0.828. The van der Waals surface area contributed by atoms with E-state index in [1.165, 1.54) is 7.11 Å². The SMILES string of the molecule is COc1cccc(C=O)c1OCC(=O)Nc1ccccc1. The molecule has 0 fully saturated rings. The Hall–Kier alpha value is -2.82. The molecule has 0 saturated carbocycles. The maximum Gasteiger partial charge on any atom is 0.262 e. The molecule has 0 aromatic heterocycles. The van der Waals surface area contributed by atoms with E-state index >= 15 is 0 Å². The monoisotopic (exact) mass is 285 g/mol. The number of carbonyl (C=O) groups excluding carboxylic acids is 2. The van der Waals surface area contributed by atoms with Gasteiger partial charge in [-0.3, -0.25) is 9.59 Å². The molecule has 5 heteroatoms. The first kappa shape index (κ1) is 14.6. The number of methoxy groups -OCH3 is 1. The lowest BCUT2D eigenvalue weighted by Gasteiger charge is -2.12. The highest BCUT2D eigenvalue weighted by Crippen LogP contribution is 2.29. The second-order valence-electron chi connectivity index (χ2n) is 4.20. The molecule has 2 rings (SSSR count). The van der Waals surface area contributed by atoms with Crippen molar-refractivity contribution in [3.05, 3.63) is 54.1 Å². The van der Waals surface area contributed by atoms with Gasteiger partial charge in [0.25, 0.3) is 5.91 Å². The molecule has 0 spiro atoms. The second-order valence-corrected chi connectivity index (χ2v) is 4.20. The molecule has 21 heavy (non-hydrogen) atoms. The lowest BCUT2D eigenvalue weighted by molar-refractivity contribution is -0.118. The molecule has 0 saturated heterocycles. The third-order valence-electron chi connectivity index (χ3n) is 2.76. The number of para-hydroxylation sites is 2. The van der Waals surface area contributed by atoms with Crippen molar-refractivity contribution in [1.82, 2.24) is 0 Å². The number of carbonyl (C=O) groups is 2. The fourth-order valence-electron chi connectivity index (χ4n) is 1.80. The molecule has 0 aliphatic rings. The Morgan fingerprint density at radius 1 is 1.14 bits per heavy atom. The molecule has 0 aliphatic carbocycles. The Bertz CT molecular complexity index is 625. The van der Waals surface area contributed by atoms with Crippen molar-refractivity contribution in [3.8, 4) is 11.5 Å². The average molecular weight is 285 g/mol. The van der Waals surface area contributed by atoms with E-state index in [4.69, 9.17) is 9.47 Å². The van der Waals surface area contributed by atoms with Crippen molar-refractivity contribution in [2.75, 3.05) is 19.0 Å². The van der Waals surface area contributed by atoms with Crippen LogP contribution in [-0.4, -0.2) is 25.9 Å². The smallest absolute Gasteiger partial charge is 0.262 e. The summed E-state index contributed by atoms with van der Waals surface area (Å²) in [7, 11) is 1.47. The van der Waals surface area contributed by atoms with Crippen molar-refractivity contribution in [3.63, 3.8) is 0 Å². The number of anilines is 1. The maximum atomic E-state index is 11.8. The normalized spacial score (nSPS) is 9.76. The molecule has 1 amide bonds. The predicted octanol–water partition coefficient (Wildman–Crippen LogP) is 2.53. The summed E-state index contributed by atoms with van der Waals surface area (Å²) in [4.78, 5) is 22.8. The number of aldehydes is 1. The minimum atomic E-state index is -0.316. The first-order valence-electron chi connectivity index (χ1n) is 6.34. The molecular formula is C16H15NO4. The third kappa shape index (κ3) is 3.82. The second kappa shape index (κ2) is 7.09. The summed E-state index contributed by atoms with van der Waals surface area (Å²) < 4.78 is 10.5. The topological polar surface area (TPSA) is 64.6 Å². The number of nitrogens with one attached hydrogen (secondary N) is 1. The van der Waals surface area contributed by atoms with Crippen molar-refractivity contribution in [2.24, 2.45) is 0 Å². The van der Waals surface area contributed by atoms with Crippen molar-refractivity contribution >= 4 is 17.9 Å². The summed E-state index contributed by atoms with van der Waals surface area (Å²) in [5.74, 6) is 0.356. The van der Waals surface area contributed by atoms with E-state index in [0.29, 0.717) is 23.3 Å². The van der Waals surface area contributed by atoms with Gasteiger partial charge in [-0.15, -0.1) is 0 Å². The lowest BCUT2D eigenvalue weighted by Crippen LogP contribution is -2.20. The lowest BCUT2D eigenvalue weighted by atomic mass is 10.2. The van der Waals surface area contributed by atoms with Crippen LogP contribution in [0.1, 0.15) is 10.4 Å². The maximum absolute atomic E-state index is 11.8. The Balaban J connectivity index is 2.03. The fourth-order valence-corrected chi connectivity index (χ4v) is 1.80. The molecule has 0 aliphatic heterocycles. The first-order chi connectivity index (χ1) is 10.2. The average Bonchev–Trinajstić information content (AvgIpc) is 2.53. The summed E-state index contributed by atoms with van der Waals surface area (Å²) in [5.41, 5.74) is 1.02. The third-order valence-corrected chi connectivity index (χ3v) is 2.76. The predicted molar refractivity (Wildman–Crippen MR) is 78.9 cm³/mol. The molecule has 0 unspecified atom stereocenters. The van der Waals surface area contributed by atoms with Gasteiger partial charge in [0.15, 0.2) is 24.4 Å². The Morgan fingerprint density at radius 3 is 2.57 bits per heavy atom. The summed E-state index contributed by atoms with van der Waals surface area (Å²) in [6, 6.07) is 14.0. The van der Waals surface area contributed by atoms with Gasteiger partial charge in [0.05, 0.1) is 12.7 Å². The first-order valence-corrected chi connectivity index (χ1v) is 6.34. The summed E-state index contributed by atoms with van der Waals surface area (Å²) in [6.45, 7) is -0.212. The van der Waals surface area contributed by atoms with Gasteiger partial charge >= 0.3 is 0 Å². The van der Waals surface area contributed by atoms with Crippen LogP contribution in [0.5, 0.6) is 11.5 Å². The Kier molecular flexibility index (Phi) is 4.93. The van der Waals surface area contributed by atoms with E-state index in [9.17, 15) is 9.59 Å². The highest BCUT2D eigenvalue weighted by Gasteiger charge is 2.12. The fraction of sp³-hybridized carbons (Fsp3) is 0.125. The van der Waals surface area contributed by atoms with E-state index in [-0.39, 0.29) is 18.3 Å². The summed E-state index contributed by atoms with van der Waals surface area (Å²) in [6.07, 6.45) is 0.660. The molecule has 5 nitrogen and oxygen atoms in total. The largest absolute Gasteiger partial charge is 0.493 e. The van der Waals surface area contributed by atoms with E-state index in [1.54, 1.807) is 30.3 Å². The number of hydrogen-bond acceptors (Lipinski definition) is 4. The van der Waals surface area contributed by atoms with E-state index in [0.717, 1.165) is 0 Å². The molecular weight excluding hydrogens is 270 g/mol. The number of benzene rings is 2. The molecule has 0 bridgehead atoms. The van der Waals surface area contributed by atoms with Gasteiger partial charge in [-0.25, -0.2) is 0 Å². The van der Waals surface area contributed by atoms with Crippen molar-refractivity contribution in [1.29, 1.82) is 0 Å². The zero-order chi connectivity index (χ0) is 15.1. The molecule has 0 atom stereocenters. The van der Waals surface area contributed by atoms with Gasteiger partial charge in [-0.2, -0.15) is 0 Å². The van der Waals surface area contributed by atoms with Crippen molar-refractivity contribution < 1.29 is 19.1 Å². The highest BCUT2D eigenvalue weighted by molar-refractivity contribution is 5.92. The van der Waals surface area contributed by atoms with Crippen LogP contribution in [0.15, 0.2) is 48.5 Å². The van der Waals surface area contributed by atoms with Gasteiger partial charge in [-0.05, 0) is 24.3 Å². The molecule has 108 valence electrons. The standard InChI is InChI=1S/C16H15NO4/c1-20-14-9-5-6-12(10-18)16(14)21-11-15(19)17-13-7-3-2-4-8-13/h2-10H,11H2,1H3,(H,17,19). The van der Waals surface area contributed by atoms with Crippen LogP contribution in [0.3, 0.4) is 0 Å². The highest BCUT2D eigenvalue weighted by atomic mass is 16.5. The number of hydrogen-bond donors (Lipinski definition) is 1. The molecule has 0 heterocycles. The molecule has 2 aromatic rings. The van der Waals surface area contributed by atoms with Gasteiger partial charge in [0.2, 0.25) is 0 Å². The number of amides is 1. The molecule has 1 N–H and O–H groups in total. The molecule has 0 radical (unpaired) electrons. The van der Waals surface area contributed by atoms with Gasteiger partial charge in [-0.1, -0.05) is 24.3 Å². The van der Waals surface area contributed by atoms with Crippen LogP contribution >= 0.6 is 0 Å². The van der Waals surface area contributed by atoms with Crippen LogP contribution < -0.4 is 14.8 Å². The minimum Gasteiger partial charge on any atom is -0.493 e. The van der Waals surface area contributed by atoms with Gasteiger partial charge in [0.1, 0.15) is 0 Å². The van der Waals surface area contributed by atoms with Crippen molar-refractivity contribution in [2.45, 2.75) is 0 Å². The van der Waals surface area contributed by atoms with E-state index in [2.05, 4.69) is 5.32 Å². The number of rotatable bonds is 6. The Morgan fingerprint density at radius 2 is 1.90 bits per heavy atom.